The van der Waals surface area contributed by atoms with Crippen molar-refractivity contribution in [3.63, 3.8) is 0 Å². The van der Waals surface area contributed by atoms with Gasteiger partial charge in [0.2, 0.25) is 0 Å². The van der Waals surface area contributed by atoms with E-state index in [-0.39, 0.29) is 0 Å². The van der Waals surface area contributed by atoms with Gasteiger partial charge in [0, 0.05) is 6.04 Å². The standard InChI is InChI=1S/C7H14NP/c1-7-6-9-5-3-4-8(7)2/h6-7H,3-5H2,1-2H3. The zero-order valence-electron chi connectivity index (χ0n) is 6.17. The Morgan fingerprint density at radius 3 is 3.22 bits per heavy atom. The molecule has 1 rings (SSSR count). The van der Waals surface area contributed by atoms with Gasteiger partial charge in [0.25, 0.3) is 0 Å². The fraction of sp³-hybridized carbons (Fsp3) is 0.857. The fourth-order valence-electron chi connectivity index (χ4n) is 0.956. The molecule has 2 heteroatoms. The summed E-state index contributed by atoms with van der Waals surface area (Å²) < 4.78 is 0. The Morgan fingerprint density at radius 1 is 1.67 bits per heavy atom. The molecule has 0 amide bonds. The minimum absolute atomic E-state index is 0.689. The predicted octanol–water partition coefficient (Wildman–Crippen LogP) is 1.46. The predicted molar refractivity (Wildman–Crippen MR) is 44.6 cm³/mol. The number of rotatable bonds is 0. The minimum Gasteiger partial charge on any atom is -0.300 e. The van der Waals surface area contributed by atoms with Crippen LogP contribution in [0.25, 0.3) is 0 Å². The van der Waals surface area contributed by atoms with Crippen molar-refractivity contribution in [2.24, 2.45) is 0 Å². The molecule has 1 nitrogen and oxygen atoms in total. The molecule has 0 saturated carbocycles. The lowest BCUT2D eigenvalue weighted by Gasteiger charge is -2.18. The first kappa shape index (κ1) is 7.24. The van der Waals surface area contributed by atoms with E-state index in [2.05, 4.69) is 24.7 Å². The van der Waals surface area contributed by atoms with Crippen molar-refractivity contribution in [3.05, 3.63) is 0 Å². The Labute approximate surface area is 58.9 Å². The van der Waals surface area contributed by atoms with Crippen LogP contribution in [0.1, 0.15) is 13.3 Å². The third-order valence-electron chi connectivity index (χ3n) is 1.81. The van der Waals surface area contributed by atoms with Crippen LogP contribution in [0.2, 0.25) is 0 Å². The van der Waals surface area contributed by atoms with E-state index in [4.69, 9.17) is 0 Å². The van der Waals surface area contributed by atoms with Crippen LogP contribution >= 0.6 is 8.20 Å². The second-order valence-electron chi connectivity index (χ2n) is 2.63. The highest BCUT2D eigenvalue weighted by Crippen LogP contribution is 2.07. The van der Waals surface area contributed by atoms with E-state index >= 15 is 0 Å². The van der Waals surface area contributed by atoms with E-state index in [9.17, 15) is 0 Å². The molecule has 52 valence electrons. The van der Waals surface area contributed by atoms with Gasteiger partial charge < -0.3 is 0 Å². The number of hydrogen-bond donors (Lipinski definition) is 0. The van der Waals surface area contributed by atoms with Crippen molar-refractivity contribution >= 4 is 14.0 Å². The van der Waals surface area contributed by atoms with Gasteiger partial charge in [0.1, 0.15) is 0 Å². The van der Waals surface area contributed by atoms with Gasteiger partial charge in [0.15, 0.2) is 0 Å². The van der Waals surface area contributed by atoms with Crippen molar-refractivity contribution in [2.45, 2.75) is 19.4 Å². The summed E-state index contributed by atoms with van der Waals surface area (Å²) in [7, 11) is 3.72. The second kappa shape index (κ2) is 3.34. The summed E-state index contributed by atoms with van der Waals surface area (Å²) in [5.74, 6) is 2.38. The molecule has 1 atom stereocenters. The molecule has 0 saturated heterocycles. The minimum atomic E-state index is 0.689. The third-order valence-corrected chi connectivity index (χ3v) is 3.03. The fourth-order valence-corrected chi connectivity index (χ4v) is 1.96. The summed E-state index contributed by atoms with van der Waals surface area (Å²) in [5, 5.41) is 0. The normalized spacial score (nSPS) is 32.0. The van der Waals surface area contributed by atoms with Crippen LogP contribution in [0.15, 0.2) is 0 Å². The molecule has 0 radical (unpaired) electrons. The largest absolute Gasteiger partial charge is 0.300 e. The number of hydrogen-bond acceptors (Lipinski definition) is 1. The first-order valence-corrected chi connectivity index (χ1v) is 4.66. The van der Waals surface area contributed by atoms with Gasteiger partial charge in [-0.2, -0.15) is 0 Å². The Bertz CT molecular complexity index is 111. The summed E-state index contributed by atoms with van der Waals surface area (Å²) in [6.07, 6.45) is 2.72. The monoisotopic (exact) mass is 143 g/mol. The van der Waals surface area contributed by atoms with Gasteiger partial charge in [-0.25, -0.2) is 0 Å². The Balaban J connectivity index is 2.46. The molecule has 1 unspecified atom stereocenters. The first-order valence-electron chi connectivity index (χ1n) is 3.51. The van der Waals surface area contributed by atoms with Gasteiger partial charge in [-0.3, -0.25) is 4.90 Å². The van der Waals surface area contributed by atoms with Crippen LogP contribution in [0, 0.1) is 0 Å². The van der Waals surface area contributed by atoms with Gasteiger partial charge in [-0.15, -0.1) is 8.20 Å². The summed E-state index contributed by atoms with van der Waals surface area (Å²) in [4.78, 5) is 2.40. The number of nitrogens with zero attached hydrogens (tertiary/aromatic N) is 1. The summed E-state index contributed by atoms with van der Waals surface area (Å²) >= 11 is 0. The maximum atomic E-state index is 2.40. The molecular formula is C7H14NP. The molecule has 9 heavy (non-hydrogen) atoms. The second-order valence-corrected chi connectivity index (χ2v) is 3.74. The molecule has 0 aromatic rings. The van der Waals surface area contributed by atoms with E-state index < -0.39 is 0 Å². The van der Waals surface area contributed by atoms with E-state index in [0.717, 1.165) is 0 Å². The highest BCUT2D eigenvalue weighted by atomic mass is 31.1. The maximum Gasteiger partial charge on any atom is 0.0289 e. The van der Waals surface area contributed by atoms with Gasteiger partial charge >= 0.3 is 0 Å². The average molecular weight is 143 g/mol. The van der Waals surface area contributed by atoms with Crippen molar-refractivity contribution in [3.8, 4) is 0 Å². The van der Waals surface area contributed by atoms with Crippen LogP contribution in [-0.4, -0.2) is 36.5 Å². The lowest BCUT2D eigenvalue weighted by atomic mass is 10.3. The highest BCUT2D eigenvalue weighted by molar-refractivity contribution is 7.38. The highest BCUT2D eigenvalue weighted by Gasteiger charge is 2.06. The van der Waals surface area contributed by atoms with Crippen LogP contribution in [-0.2, 0) is 0 Å². The molecule has 0 aromatic heterocycles. The first-order chi connectivity index (χ1) is 4.30. The quantitative estimate of drug-likeness (QED) is 0.464. The van der Waals surface area contributed by atoms with Crippen molar-refractivity contribution < 1.29 is 0 Å². The van der Waals surface area contributed by atoms with Crippen LogP contribution in [0.5, 0.6) is 0 Å². The van der Waals surface area contributed by atoms with Crippen molar-refractivity contribution in [1.29, 1.82) is 0 Å². The van der Waals surface area contributed by atoms with Gasteiger partial charge in [-0.1, -0.05) is 0 Å². The van der Waals surface area contributed by atoms with Crippen LogP contribution < -0.4 is 0 Å². The van der Waals surface area contributed by atoms with Crippen molar-refractivity contribution in [2.75, 3.05) is 19.8 Å². The molecule has 0 aliphatic carbocycles. The van der Waals surface area contributed by atoms with Gasteiger partial charge in [0.05, 0.1) is 0 Å². The average Bonchev–Trinajstić information content (AvgIpc) is 1.99. The molecule has 0 bridgehead atoms. The lowest BCUT2D eigenvalue weighted by molar-refractivity contribution is 0.320. The molecule has 0 N–H and O–H groups in total. The maximum absolute atomic E-state index is 2.40. The summed E-state index contributed by atoms with van der Waals surface area (Å²) in [6.45, 7) is 3.53. The Morgan fingerprint density at radius 2 is 2.44 bits per heavy atom. The smallest absolute Gasteiger partial charge is 0.0289 e. The zero-order chi connectivity index (χ0) is 6.69. The topological polar surface area (TPSA) is 3.24 Å². The molecule has 0 spiro atoms. The molecule has 0 fully saturated rings. The molecule has 1 aliphatic heterocycles. The molecular weight excluding hydrogens is 129 g/mol. The van der Waals surface area contributed by atoms with Crippen LogP contribution in [0.4, 0.5) is 0 Å². The van der Waals surface area contributed by atoms with E-state index in [1.54, 1.807) is 0 Å². The molecule has 1 heterocycles. The van der Waals surface area contributed by atoms with Crippen LogP contribution in [0.3, 0.4) is 0 Å². The van der Waals surface area contributed by atoms with E-state index in [1.165, 1.54) is 27.3 Å². The zero-order valence-corrected chi connectivity index (χ0v) is 7.06. The Hall–Kier alpha value is 0.130. The summed E-state index contributed by atoms with van der Waals surface area (Å²) in [6, 6.07) is 0.689. The lowest BCUT2D eigenvalue weighted by Crippen LogP contribution is -2.29. The third kappa shape index (κ3) is 2.08. The Kier molecular flexibility index (Phi) is 2.68. The molecule has 1 aliphatic rings. The van der Waals surface area contributed by atoms with Crippen molar-refractivity contribution in [1.82, 2.24) is 4.90 Å². The van der Waals surface area contributed by atoms with E-state index in [0.29, 0.717) is 6.04 Å². The van der Waals surface area contributed by atoms with Gasteiger partial charge in [-0.05, 0) is 38.9 Å². The summed E-state index contributed by atoms with van der Waals surface area (Å²) in [5.41, 5.74) is 0. The molecule has 0 aromatic carbocycles. The SMILES string of the molecule is CC1C=PCCCN1C. The van der Waals surface area contributed by atoms with E-state index in [1.807, 2.05) is 0 Å².